The molecule has 8 atom stereocenters. The van der Waals surface area contributed by atoms with E-state index in [4.69, 9.17) is 10.6 Å². The Morgan fingerprint density at radius 3 is 2.29 bits per heavy atom. The molecule has 2 fully saturated rings. The van der Waals surface area contributed by atoms with Gasteiger partial charge in [-0.05, 0) is 75.1 Å². The highest BCUT2D eigenvalue weighted by atomic mass is 127. The van der Waals surface area contributed by atoms with Gasteiger partial charge in [0.2, 0.25) is 53.2 Å². The van der Waals surface area contributed by atoms with Crippen LogP contribution in [-0.4, -0.2) is 167 Å². The van der Waals surface area contributed by atoms with Gasteiger partial charge in [0.25, 0.3) is 11.8 Å². The van der Waals surface area contributed by atoms with Crippen LogP contribution < -0.4 is 43.0 Å². The third-order valence-electron chi connectivity index (χ3n) is 14.2. The molecule has 30 heteroatoms. The van der Waals surface area contributed by atoms with Crippen molar-refractivity contribution in [1.29, 1.82) is 0 Å². The maximum absolute atomic E-state index is 14.5. The van der Waals surface area contributed by atoms with Crippen LogP contribution in [0.1, 0.15) is 118 Å². The fraction of sp³-hybridized carbons (Fsp3) is 0.604. The monoisotopic (exact) mass is 1330 g/mol. The first-order chi connectivity index (χ1) is 39.2. The minimum atomic E-state index is -1.72. The molecule has 2 aromatic rings. The van der Waals surface area contributed by atoms with E-state index in [-0.39, 0.29) is 62.6 Å². The number of hydroxylamine groups is 2. The van der Waals surface area contributed by atoms with Crippen molar-refractivity contribution in [2.45, 2.75) is 162 Å². The summed E-state index contributed by atoms with van der Waals surface area (Å²) in [6.45, 7) is 9.97. The Morgan fingerprint density at radius 2 is 1.63 bits per heavy atom. The lowest BCUT2D eigenvalue weighted by molar-refractivity contribution is -0.197. The lowest BCUT2D eigenvalue weighted by Crippen LogP contribution is -2.60. The number of aromatic nitrogens is 1. The molecule has 26 nitrogen and oxygen atoms in total. The Balaban J connectivity index is 1.46. The number of hydrogen-bond acceptors (Lipinski definition) is 17. The van der Waals surface area contributed by atoms with E-state index in [1.165, 1.54) is 21.6 Å². The zero-order valence-corrected chi connectivity index (χ0v) is 51.7. The van der Waals surface area contributed by atoms with E-state index in [0.29, 0.717) is 70.1 Å². The van der Waals surface area contributed by atoms with Gasteiger partial charge in [0, 0.05) is 71.5 Å². The van der Waals surface area contributed by atoms with Crippen molar-refractivity contribution in [2.75, 3.05) is 36.5 Å². The highest BCUT2D eigenvalue weighted by Crippen LogP contribution is 2.40. The van der Waals surface area contributed by atoms with E-state index in [0.717, 1.165) is 16.7 Å². The molecule has 11 amide bonds. The van der Waals surface area contributed by atoms with Gasteiger partial charge >= 0.3 is 11.9 Å². The van der Waals surface area contributed by atoms with Crippen molar-refractivity contribution in [3.05, 3.63) is 23.8 Å². The number of hydrogen-bond donors (Lipinski definition) is 10. The minimum Gasteiger partial charge on any atom is -0.481 e. The Labute approximate surface area is 505 Å². The molecule has 2 saturated heterocycles. The number of carboxylic acids is 1. The Kier molecular flexibility index (Phi) is 25.8. The summed E-state index contributed by atoms with van der Waals surface area (Å²) in [6.07, 6.45) is 1.17. The summed E-state index contributed by atoms with van der Waals surface area (Å²) in [5.41, 5.74) is 6.56. The molecule has 11 N–H and O–H groups in total. The molecule has 0 radical (unpaired) electrons. The van der Waals surface area contributed by atoms with Crippen LogP contribution in [-0.2, 0) is 73.6 Å². The number of H-pyrrole nitrogens is 1. The molecule has 0 bridgehead atoms. The molecule has 1 aromatic carbocycles. The first kappa shape index (κ1) is 67.6. The summed E-state index contributed by atoms with van der Waals surface area (Å²) in [7, 11) is 3.01. The molecule has 1 unspecified atom stereocenters. The van der Waals surface area contributed by atoms with Crippen molar-refractivity contribution >= 4 is 149 Å². The molecular formula is C53H74IN11O15S3. The highest BCUT2D eigenvalue weighted by Gasteiger charge is 2.42. The predicted octanol–water partition coefficient (Wildman–Crippen LogP) is 2.10. The predicted molar refractivity (Wildman–Crippen MR) is 318 cm³/mol. The summed E-state index contributed by atoms with van der Waals surface area (Å²) < 4.78 is -0.901. The summed E-state index contributed by atoms with van der Waals surface area (Å²) in [5.74, 6) is -10.3. The number of primary amides is 1. The number of carboxylic acid groups (broad SMARTS) is 1. The molecule has 3 aliphatic heterocycles. The maximum atomic E-state index is 14.5. The number of halogens is 1. The number of fused-ring (bicyclic) bond motifs is 4. The fourth-order valence-electron chi connectivity index (χ4n) is 8.99. The second-order valence-electron chi connectivity index (χ2n) is 21.2. The molecule has 4 heterocycles. The average Bonchev–Trinajstić information content (AvgIpc) is 4.39. The van der Waals surface area contributed by atoms with Crippen molar-refractivity contribution in [3.8, 4) is 0 Å². The number of thioether (sulfide) groups is 1. The van der Waals surface area contributed by atoms with Crippen LogP contribution in [0.3, 0.4) is 0 Å². The van der Waals surface area contributed by atoms with Crippen molar-refractivity contribution < 1.29 is 72.3 Å². The van der Waals surface area contributed by atoms with Crippen LogP contribution in [0.5, 0.6) is 0 Å². The van der Waals surface area contributed by atoms with E-state index < -0.39 is 135 Å². The second-order valence-corrected chi connectivity index (χ2v) is 26.7. The molecule has 1 aromatic heterocycles. The second kappa shape index (κ2) is 31.7. The van der Waals surface area contributed by atoms with Crippen LogP contribution in [0.2, 0.25) is 0 Å². The molecule has 456 valence electrons. The molecular weight excluding hydrogens is 1250 g/mol. The fourth-order valence-corrected chi connectivity index (χ4v) is 13.5. The zero-order chi connectivity index (χ0) is 61.3. The molecule has 5 rings (SSSR count). The molecule has 0 saturated carbocycles. The first-order valence-electron chi connectivity index (χ1n) is 27.4. The topological polar surface area (TPSA) is 384 Å². The van der Waals surface area contributed by atoms with Crippen LogP contribution in [0.15, 0.2) is 23.2 Å². The number of aliphatic carboxylic acids is 1. The molecule has 0 spiro atoms. The highest BCUT2D eigenvalue weighted by molar-refractivity contribution is 14.1. The smallest absolute Gasteiger partial charge is 0.333 e. The Hall–Kier alpha value is -6.15. The minimum absolute atomic E-state index is 0.00317. The number of anilines is 1. The molecule has 3 aliphatic rings. The van der Waals surface area contributed by atoms with Gasteiger partial charge in [-0.3, -0.25) is 57.5 Å². The summed E-state index contributed by atoms with van der Waals surface area (Å²) in [5, 5.41) is 29.8. The van der Waals surface area contributed by atoms with E-state index in [1.54, 1.807) is 32.0 Å². The summed E-state index contributed by atoms with van der Waals surface area (Å²) in [4.78, 5) is 182. The lowest BCUT2D eigenvalue weighted by atomic mass is 9.96. The van der Waals surface area contributed by atoms with Gasteiger partial charge in [-0.15, -0.1) is 16.8 Å². The van der Waals surface area contributed by atoms with Gasteiger partial charge in [0.15, 0.2) is 0 Å². The first-order valence-corrected chi connectivity index (χ1v) is 31.9. The van der Waals surface area contributed by atoms with Crippen molar-refractivity contribution in [2.24, 2.45) is 17.6 Å². The number of alkyl halides is 1. The number of rotatable bonds is 24. The quantitative estimate of drug-likeness (QED) is 0.0236. The van der Waals surface area contributed by atoms with Gasteiger partial charge in [0.1, 0.15) is 30.2 Å². The number of nitrogens with zero attached hydrogens (tertiary/aromatic N) is 2. The van der Waals surface area contributed by atoms with E-state index in [2.05, 4.69) is 42.2 Å². The molecule has 0 aliphatic carbocycles. The van der Waals surface area contributed by atoms with Crippen LogP contribution >= 0.6 is 55.9 Å². The number of carbonyl (C=O) groups excluding carboxylic acids is 12. The molecule has 83 heavy (non-hydrogen) atoms. The number of benzene rings is 1. The van der Waals surface area contributed by atoms with Crippen LogP contribution in [0, 0.1) is 11.8 Å². The Bertz CT molecular complexity index is 2790. The largest absolute Gasteiger partial charge is 0.481 e. The maximum Gasteiger partial charge on any atom is 0.333 e. The number of imide groups is 1. The van der Waals surface area contributed by atoms with Gasteiger partial charge in [-0.1, -0.05) is 84.7 Å². The third-order valence-corrected chi connectivity index (χ3v) is 20.5. The zero-order valence-electron chi connectivity index (χ0n) is 47.1. The van der Waals surface area contributed by atoms with Crippen molar-refractivity contribution in [1.82, 2.24) is 46.8 Å². The van der Waals surface area contributed by atoms with Crippen LogP contribution in [0.4, 0.5) is 5.69 Å². The normalized spacial score (nSPS) is 21.2. The van der Waals surface area contributed by atoms with E-state index in [1.807, 2.05) is 50.3 Å². The number of amides is 11. The Morgan fingerprint density at radius 1 is 0.916 bits per heavy atom. The van der Waals surface area contributed by atoms with Gasteiger partial charge < -0.3 is 62.8 Å². The van der Waals surface area contributed by atoms with E-state index >= 15 is 0 Å². The van der Waals surface area contributed by atoms with Crippen LogP contribution in [0.25, 0.3) is 10.9 Å². The standard InChI is InChI=1S/C53H74IN11O15S3/c1-7-27(3)44(54)49(77)57-25-39(68)59-35-26-81-51-31(30-21-29(13-14-32(30)62-51)58-38(67)12-10-20-82-83-53(5,6)18-17-43(73)80-65-40(69)15-16-41(65)70)22-33(46(74)56-24-37(55)66)60-50(78)45(28(4)8-2)63-48(76)36-11-9-19-64(36)52(79)34(23-42(71)72)61-47(35)75/h13-14,21,27-28,33-36,44-45,62H,7-12,15-20,22-26H2,1-6H3,(H2,55,66)(H,56,74)(H,57,77)(H,58,67)(H,59,68)(H,60,78)(H,61,75)(H,63,76)(H,71,72)/t27-,28?,33-,34-,35-,36-,44-,45-/m0/s1. The van der Waals surface area contributed by atoms with Crippen molar-refractivity contribution in [3.63, 3.8) is 0 Å². The SMILES string of the molecule is CCC(C)[C@@H]1NC(=O)[C@@H]2CCCN2C(=O)[C@H](CC(=O)O)NC(=O)[C@@H](NC(=O)CNC(=O)[C@@H](I)[C@@H](C)CC)CSc2[nH]c3ccc(NC(=O)CCCSSC(C)(C)CCC(=O)ON4C(=O)CCC4=O)cc3c2C[C@@H](C(=O)NCC(N)=O)NC1=O. The third kappa shape index (κ3) is 20.0. The number of nitrogens with one attached hydrogen (secondary N) is 8. The number of carbonyl (C=O) groups is 13. The number of nitrogens with two attached hydrogens (primary N) is 1. The summed E-state index contributed by atoms with van der Waals surface area (Å²) >= 11 is 2.96. The van der Waals surface area contributed by atoms with E-state index in [9.17, 15) is 67.4 Å². The average molecular weight is 1330 g/mol. The van der Waals surface area contributed by atoms with Gasteiger partial charge in [0.05, 0.1) is 28.5 Å². The summed E-state index contributed by atoms with van der Waals surface area (Å²) in [6, 6.07) is -2.29. The van der Waals surface area contributed by atoms with Gasteiger partial charge in [-0.2, -0.15) is 0 Å². The lowest BCUT2D eigenvalue weighted by Gasteiger charge is -2.32. The van der Waals surface area contributed by atoms with Gasteiger partial charge in [-0.25, -0.2) is 4.79 Å². The number of aromatic amines is 1.